The molecule has 1 atom stereocenters. The summed E-state index contributed by atoms with van der Waals surface area (Å²) in [5.74, 6) is 1.45. The highest BCUT2D eigenvalue weighted by atomic mass is 14.9. The molecule has 16 heavy (non-hydrogen) atoms. The topological polar surface area (TPSA) is 12.0 Å². The molecule has 1 heteroatoms. The normalized spacial score (nSPS) is 13.1. The third kappa shape index (κ3) is 4.80. The van der Waals surface area contributed by atoms with Crippen LogP contribution in [-0.4, -0.2) is 13.1 Å². The van der Waals surface area contributed by atoms with Gasteiger partial charge in [0.1, 0.15) is 0 Å². The summed E-state index contributed by atoms with van der Waals surface area (Å²) in [6.07, 6.45) is 1.18. The first kappa shape index (κ1) is 13.2. The summed E-state index contributed by atoms with van der Waals surface area (Å²) >= 11 is 0. The molecule has 1 aromatic rings. The van der Waals surface area contributed by atoms with Crippen molar-refractivity contribution in [2.75, 3.05) is 13.1 Å². The van der Waals surface area contributed by atoms with E-state index < -0.39 is 0 Å². The van der Waals surface area contributed by atoms with E-state index in [2.05, 4.69) is 57.3 Å². The maximum atomic E-state index is 3.52. The molecule has 1 unspecified atom stereocenters. The number of aryl methyl sites for hydroxylation is 1. The van der Waals surface area contributed by atoms with Gasteiger partial charge in [-0.25, -0.2) is 0 Å². The maximum Gasteiger partial charge on any atom is -0.00199 e. The number of benzene rings is 1. The van der Waals surface area contributed by atoms with Crippen molar-refractivity contribution < 1.29 is 0 Å². The fourth-order valence-electron chi connectivity index (χ4n) is 1.91. The molecule has 0 saturated carbocycles. The molecule has 0 aliphatic rings. The Morgan fingerprint density at radius 2 is 1.75 bits per heavy atom. The molecular weight excluding hydrogens is 194 g/mol. The minimum Gasteiger partial charge on any atom is -0.316 e. The first-order valence-corrected chi connectivity index (χ1v) is 6.34. The predicted molar refractivity (Wildman–Crippen MR) is 71.8 cm³/mol. The van der Waals surface area contributed by atoms with Crippen LogP contribution in [0.2, 0.25) is 0 Å². The molecular formula is C15H25N. The Labute approximate surface area is 100 Å². The summed E-state index contributed by atoms with van der Waals surface area (Å²) in [5.41, 5.74) is 2.90. The maximum absolute atomic E-state index is 3.52. The molecule has 1 aromatic carbocycles. The highest BCUT2D eigenvalue weighted by Crippen LogP contribution is 2.12. The van der Waals surface area contributed by atoms with Crippen LogP contribution in [0.25, 0.3) is 0 Å². The summed E-state index contributed by atoms with van der Waals surface area (Å²) < 4.78 is 0. The van der Waals surface area contributed by atoms with Gasteiger partial charge >= 0.3 is 0 Å². The fraction of sp³-hybridized carbons (Fsp3) is 0.600. The zero-order valence-corrected chi connectivity index (χ0v) is 11.1. The number of nitrogens with one attached hydrogen (secondary N) is 1. The molecule has 1 rings (SSSR count). The van der Waals surface area contributed by atoms with Gasteiger partial charge in [0.05, 0.1) is 0 Å². The Balaban J connectivity index is 2.34. The van der Waals surface area contributed by atoms with Crippen molar-refractivity contribution in [2.45, 2.75) is 34.1 Å². The Hall–Kier alpha value is -0.820. The van der Waals surface area contributed by atoms with Crippen LogP contribution in [0.4, 0.5) is 0 Å². The molecule has 0 radical (unpaired) electrons. The lowest BCUT2D eigenvalue weighted by Crippen LogP contribution is -2.26. The molecule has 0 aliphatic heterocycles. The van der Waals surface area contributed by atoms with E-state index >= 15 is 0 Å². The molecule has 90 valence electrons. The van der Waals surface area contributed by atoms with Crippen molar-refractivity contribution in [2.24, 2.45) is 11.8 Å². The van der Waals surface area contributed by atoms with Gasteiger partial charge in [0.15, 0.2) is 0 Å². The molecule has 1 N–H and O–H groups in total. The Morgan fingerprint density at radius 1 is 1.06 bits per heavy atom. The van der Waals surface area contributed by atoms with Crippen molar-refractivity contribution in [3.05, 3.63) is 35.4 Å². The van der Waals surface area contributed by atoms with E-state index in [-0.39, 0.29) is 0 Å². The average Bonchev–Trinajstić information content (AvgIpc) is 2.21. The minimum atomic E-state index is 0.708. The number of hydrogen-bond acceptors (Lipinski definition) is 1. The van der Waals surface area contributed by atoms with E-state index in [0.717, 1.165) is 19.0 Å². The van der Waals surface area contributed by atoms with Gasteiger partial charge in [0.2, 0.25) is 0 Å². The predicted octanol–water partition coefficient (Wildman–Crippen LogP) is 3.42. The SMILES string of the molecule is Cc1ccccc1CC(C)CNCC(C)C. The van der Waals surface area contributed by atoms with Crippen molar-refractivity contribution in [3.63, 3.8) is 0 Å². The molecule has 0 heterocycles. The van der Waals surface area contributed by atoms with E-state index in [4.69, 9.17) is 0 Å². The Bertz CT molecular complexity index is 304. The average molecular weight is 219 g/mol. The second-order valence-corrected chi connectivity index (χ2v) is 5.29. The molecule has 1 nitrogen and oxygen atoms in total. The first-order chi connectivity index (χ1) is 7.59. The minimum absolute atomic E-state index is 0.708. The molecule has 0 saturated heterocycles. The van der Waals surface area contributed by atoms with Crippen molar-refractivity contribution in [1.82, 2.24) is 5.32 Å². The van der Waals surface area contributed by atoms with Crippen molar-refractivity contribution in [1.29, 1.82) is 0 Å². The largest absolute Gasteiger partial charge is 0.316 e. The van der Waals surface area contributed by atoms with Crippen LogP contribution in [-0.2, 0) is 6.42 Å². The molecule has 0 spiro atoms. The molecule has 0 fully saturated rings. The lowest BCUT2D eigenvalue weighted by atomic mass is 9.97. The molecule has 0 aromatic heterocycles. The van der Waals surface area contributed by atoms with Gasteiger partial charge in [-0.05, 0) is 49.4 Å². The van der Waals surface area contributed by atoms with Gasteiger partial charge < -0.3 is 5.32 Å². The van der Waals surface area contributed by atoms with Crippen LogP contribution in [0.5, 0.6) is 0 Å². The highest BCUT2D eigenvalue weighted by molar-refractivity contribution is 5.25. The highest BCUT2D eigenvalue weighted by Gasteiger charge is 2.05. The lowest BCUT2D eigenvalue weighted by Gasteiger charge is -2.15. The zero-order valence-electron chi connectivity index (χ0n) is 11.1. The van der Waals surface area contributed by atoms with Gasteiger partial charge in [-0.1, -0.05) is 45.0 Å². The third-order valence-electron chi connectivity index (χ3n) is 2.88. The third-order valence-corrected chi connectivity index (χ3v) is 2.88. The number of hydrogen-bond donors (Lipinski definition) is 1. The fourth-order valence-corrected chi connectivity index (χ4v) is 1.91. The van der Waals surface area contributed by atoms with Crippen LogP contribution < -0.4 is 5.32 Å². The zero-order chi connectivity index (χ0) is 12.0. The van der Waals surface area contributed by atoms with Crippen LogP contribution >= 0.6 is 0 Å². The number of rotatable bonds is 6. The van der Waals surface area contributed by atoms with E-state index in [9.17, 15) is 0 Å². The Kier molecular flexibility index (Phi) is 5.54. The van der Waals surface area contributed by atoms with Gasteiger partial charge in [0.25, 0.3) is 0 Å². The van der Waals surface area contributed by atoms with Gasteiger partial charge in [-0.2, -0.15) is 0 Å². The van der Waals surface area contributed by atoms with Gasteiger partial charge in [-0.15, -0.1) is 0 Å². The van der Waals surface area contributed by atoms with Crippen molar-refractivity contribution in [3.8, 4) is 0 Å². The standard InChI is InChI=1S/C15H25N/c1-12(2)10-16-11-13(3)9-15-8-6-5-7-14(15)4/h5-8,12-13,16H,9-11H2,1-4H3. The first-order valence-electron chi connectivity index (χ1n) is 6.34. The Morgan fingerprint density at radius 3 is 2.38 bits per heavy atom. The van der Waals surface area contributed by atoms with Gasteiger partial charge in [-0.3, -0.25) is 0 Å². The summed E-state index contributed by atoms with van der Waals surface area (Å²) in [5, 5.41) is 3.52. The molecule has 0 aliphatic carbocycles. The van der Waals surface area contributed by atoms with Crippen LogP contribution in [0.15, 0.2) is 24.3 Å². The lowest BCUT2D eigenvalue weighted by molar-refractivity contribution is 0.473. The summed E-state index contributed by atoms with van der Waals surface area (Å²) in [6, 6.07) is 8.69. The van der Waals surface area contributed by atoms with Crippen LogP contribution in [0, 0.1) is 18.8 Å². The molecule has 0 bridgehead atoms. The monoisotopic (exact) mass is 219 g/mol. The molecule has 0 amide bonds. The summed E-state index contributed by atoms with van der Waals surface area (Å²) in [4.78, 5) is 0. The van der Waals surface area contributed by atoms with E-state index in [1.807, 2.05) is 0 Å². The van der Waals surface area contributed by atoms with Crippen molar-refractivity contribution >= 4 is 0 Å². The van der Waals surface area contributed by atoms with Gasteiger partial charge in [0, 0.05) is 0 Å². The van der Waals surface area contributed by atoms with E-state index in [1.165, 1.54) is 17.5 Å². The van der Waals surface area contributed by atoms with E-state index in [0.29, 0.717) is 5.92 Å². The second kappa shape index (κ2) is 6.70. The smallest absolute Gasteiger partial charge is 0.00199 e. The quantitative estimate of drug-likeness (QED) is 0.773. The van der Waals surface area contributed by atoms with Crippen LogP contribution in [0.1, 0.15) is 31.9 Å². The summed E-state index contributed by atoms with van der Waals surface area (Å²) in [6.45, 7) is 11.3. The summed E-state index contributed by atoms with van der Waals surface area (Å²) in [7, 11) is 0. The van der Waals surface area contributed by atoms with Crippen LogP contribution in [0.3, 0.4) is 0 Å². The second-order valence-electron chi connectivity index (χ2n) is 5.29. The van der Waals surface area contributed by atoms with E-state index in [1.54, 1.807) is 0 Å².